The second-order valence-corrected chi connectivity index (χ2v) is 7.55. The van der Waals surface area contributed by atoms with Gasteiger partial charge in [0.25, 0.3) is 0 Å². The number of hydrogen-bond acceptors (Lipinski definition) is 3. The highest BCUT2D eigenvalue weighted by atomic mass is 16.5. The van der Waals surface area contributed by atoms with Gasteiger partial charge in [0, 0.05) is 11.5 Å². The molecular formula is C26H20N2O3. The average molecular weight is 408 g/mol. The van der Waals surface area contributed by atoms with Crippen molar-refractivity contribution in [2.45, 2.75) is 12.3 Å². The number of carbonyl (C=O) groups excluding carboxylic acids is 2. The number of ether oxygens (including phenoxy) is 1. The van der Waals surface area contributed by atoms with Crippen LogP contribution < -0.4 is 10.6 Å². The van der Waals surface area contributed by atoms with Gasteiger partial charge in [-0.2, -0.15) is 0 Å². The maximum absolute atomic E-state index is 12.2. The van der Waals surface area contributed by atoms with E-state index < -0.39 is 6.09 Å². The quantitative estimate of drug-likeness (QED) is 0.642. The fourth-order valence-electron chi connectivity index (χ4n) is 4.26. The van der Waals surface area contributed by atoms with E-state index in [-0.39, 0.29) is 25.0 Å². The molecule has 2 amide bonds. The van der Waals surface area contributed by atoms with E-state index in [0.717, 1.165) is 16.8 Å². The molecule has 1 aliphatic heterocycles. The number of benzene rings is 3. The molecule has 2 N–H and O–H groups in total. The standard InChI is InChI=1S/C26H20N2O3/c29-24-15-18-8-5-7-17(25(18)28-24)9-6-14-27-26(30)31-16-23-21-12-3-1-10-19(21)20-11-2-4-13-22(20)23/h1-5,7-8,10-13,23H,14-16H2,(H,27,30)(H,28,29). The maximum Gasteiger partial charge on any atom is 0.407 e. The van der Waals surface area contributed by atoms with E-state index in [1.165, 1.54) is 22.3 Å². The lowest BCUT2D eigenvalue weighted by Gasteiger charge is -2.14. The summed E-state index contributed by atoms with van der Waals surface area (Å²) < 4.78 is 5.51. The largest absolute Gasteiger partial charge is 0.449 e. The predicted molar refractivity (Wildman–Crippen MR) is 119 cm³/mol. The Balaban J connectivity index is 1.20. The number of nitrogens with one attached hydrogen (secondary N) is 2. The highest BCUT2D eigenvalue weighted by Gasteiger charge is 2.28. The van der Waals surface area contributed by atoms with Crippen molar-refractivity contribution in [2.24, 2.45) is 0 Å². The van der Waals surface area contributed by atoms with Crippen LogP contribution >= 0.6 is 0 Å². The van der Waals surface area contributed by atoms with Crippen molar-refractivity contribution in [3.63, 3.8) is 0 Å². The third-order valence-electron chi connectivity index (χ3n) is 5.65. The number of para-hydroxylation sites is 1. The average Bonchev–Trinajstić information content (AvgIpc) is 3.33. The van der Waals surface area contributed by atoms with Gasteiger partial charge < -0.3 is 15.4 Å². The van der Waals surface area contributed by atoms with Gasteiger partial charge in [-0.25, -0.2) is 4.79 Å². The van der Waals surface area contributed by atoms with Crippen molar-refractivity contribution in [1.29, 1.82) is 0 Å². The monoisotopic (exact) mass is 408 g/mol. The summed E-state index contributed by atoms with van der Waals surface area (Å²) in [4.78, 5) is 23.8. The zero-order valence-corrected chi connectivity index (χ0v) is 16.8. The minimum Gasteiger partial charge on any atom is -0.449 e. The molecule has 152 valence electrons. The second-order valence-electron chi connectivity index (χ2n) is 7.55. The SMILES string of the molecule is O=C1Cc2cccc(C#CCNC(=O)OCC3c4ccccc4-c4ccccc43)c2N1. The van der Waals surface area contributed by atoms with Crippen molar-refractivity contribution < 1.29 is 14.3 Å². The van der Waals surface area contributed by atoms with Crippen molar-refractivity contribution in [1.82, 2.24) is 5.32 Å². The maximum atomic E-state index is 12.2. The summed E-state index contributed by atoms with van der Waals surface area (Å²) in [6.45, 7) is 0.430. The first kappa shape index (κ1) is 19.0. The van der Waals surface area contributed by atoms with Gasteiger partial charge in [-0.15, -0.1) is 0 Å². The fourth-order valence-corrected chi connectivity index (χ4v) is 4.26. The topological polar surface area (TPSA) is 67.4 Å². The number of anilines is 1. The van der Waals surface area contributed by atoms with Crippen LogP contribution in [0.5, 0.6) is 0 Å². The van der Waals surface area contributed by atoms with Gasteiger partial charge in [0.2, 0.25) is 5.91 Å². The van der Waals surface area contributed by atoms with Crippen molar-refractivity contribution >= 4 is 17.7 Å². The summed E-state index contributed by atoms with van der Waals surface area (Å²) in [5, 5.41) is 5.51. The van der Waals surface area contributed by atoms with Gasteiger partial charge in [-0.1, -0.05) is 72.5 Å². The Morgan fingerprint density at radius 2 is 1.71 bits per heavy atom. The lowest BCUT2D eigenvalue weighted by atomic mass is 9.98. The zero-order valence-electron chi connectivity index (χ0n) is 16.8. The van der Waals surface area contributed by atoms with Gasteiger partial charge in [-0.3, -0.25) is 4.79 Å². The molecule has 0 spiro atoms. The van der Waals surface area contributed by atoms with Gasteiger partial charge in [0.15, 0.2) is 0 Å². The van der Waals surface area contributed by atoms with Crippen molar-refractivity contribution in [2.75, 3.05) is 18.5 Å². The third-order valence-corrected chi connectivity index (χ3v) is 5.65. The van der Waals surface area contributed by atoms with E-state index in [0.29, 0.717) is 6.42 Å². The number of rotatable bonds is 3. The first-order valence-corrected chi connectivity index (χ1v) is 10.2. The smallest absolute Gasteiger partial charge is 0.407 e. The Kier molecular flexibility index (Phi) is 4.89. The molecule has 0 unspecified atom stereocenters. The Morgan fingerprint density at radius 1 is 1.00 bits per heavy atom. The molecule has 5 nitrogen and oxygen atoms in total. The molecule has 0 atom stereocenters. The number of fused-ring (bicyclic) bond motifs is 4. The Morgan fingerprint density at radius 3 is 2.45 bits per heavy atom. The highest BCUT2D eigenvalue weighted by Crippen LogP contribution is 2.44. The molecule has 0 aromatic heterocycles. The van der Waals surface area contributed by atoms with Crippen LogP contribution in [0.15, 0.2) is 66.7 Å². The van der Waals surface area contributed by atoms with Gasteiger partial charge in [-0.05, 0) is 33.9 Å². The van der Waals surface area contributed by atoms with E-state index in [9.17, 15) is 9.59 Å². The minimum absolute atomic E-state index is 0.0268. The lowest BCUT2D eigenvalue weighted by Crippen LogP contribution is -2.26. The second kappa shape index (κ2) is 8.00. The summed E-state index contributed by atoms with van der Waals surface area (Å²) in [7, 11) is 0. The Bertz CT molecular complexity index is 1210. The third kappa shape index (κ3) is 3.64. The first-order chi connectivity index (χ1) is 15.2. The van der Waals surface area contributed by atoms with Crippen LogP contribution in [0, 0.1) is 11.8 Å². The van der Waals surface area contributed by atoms with Gasteiger partial charge in [0.1, 0.15) is 6.61 Å². The molecule has 0 fully saturated rings. The molecule has 0 saturated heterocycles. The fraction of sp³-hybridized carbons (Fsp3) is 0.154. The molecule has 3 aromatic carbocycles. The molecule has 0 saturated carbocycles. The zero-order chi connectivity index (χ0) is 21.2. The first-order valence-electron chi connectivity index (χ1n) is 10.2. The summed E-state index contributed by atoms with van der Waals surface area (Å²) in [5.41, 5.74) is 7.20. The molecule has 1 heterocycles. The number of hydrogen-bond donors (Lipinski definition) is 2. The molecule has 1 aliphatic carbocycles. The van der Waals surface area contributed by atoms with E-state index in [1.54, 1.807) is 0 Å². The number of alkyl carbamates (subject to hydrolysis) is 1. The molecular weight excluding hydrogens is 388 g/mol. The Labute approximate surface area is 180 Å². The van der Waals surface area contributed by atoms with E-state index >= 15 is 0 Å². The molecule has 0 radical (unpaired) electrons. The van der Waals surface area contributed by atoms with Crippen LogP contribution in [0.2, 0.25) is 0 Å². The molecule has 0 bridgehead atoms. The number of amides is 2. The van der Waals surface area contributed by atoms with E-state index in [2.05, 4.69) is 46.7 Å². The van der Waals surface area contributed by atoms with E-state index in [4.69, 9.17) is 4.74 Å². The van der Waals surface area contributed by atoms with Crippen LogP contribution in [0.1, 0.15) is 28.2 Å². The van der Waals surface area contributed by atoms with E-state index in [1.807, 2.05) is 42.5 Å². The summed E-state index contributed by atoms with van der Waals surface area (Å²) >= 11 is 0. The van der Waals surface area contributed by atoms with Crippen LogP contribution in [0.4, 0.5) is 10.5 Å². The lowest BCUT2D eigenvalue weighted by molar-refractivity contribution is -0.115. The summed E-state index contributed by atoms with van der Waals surface area (Å²) in [5.74, 6) is 5.93. The van der Waals surface area contributed by atoms with Crippen LogP contribution in [-0.2, 0) is 16.0 Å². The van der Waals surface area contributed by atoms with Gasteiger partial charge >= 0.3 is 6.09 Å². The minimum atomic E-state index is -0.497. The number of carbonyl (C=O) groups is 2. The molecule has 31 heavy (non-hydrogen) atoms. The molecule has 2 aliphatic rings. The summed E-state index contributed by atoms with van der Waals surface area (Å²) in [6, 6.07) is 22.1. The van der Waals surface area contributed by atoms with Crippen LogP contribution in [0.3, 0.4) is 0 Å². The normalized spacial score (nSPS) is 13.4. The summed E-state index contributed by atoms with van der Waals surface area (Å²) in [6.07, 6.45) is -0.120. The van der Waals surface area contributed by atoms with Crippen molar-refractivity contribution in [3.05, 3.63) is 89.0 Å². The highest BCUT2D eigenvalue weighted by molar-refractivity contribution is 6.00. The molecule has 5 heteroatoms. The predicted octanol–water partition coefficient (Wildman–Crippen LogP) is 4.07. The van der Waals surface area contributed by atoms with Crippen LogP contribution in [-0.4, -0.2) is 25.2 Å². The molecule has 5 rings (SSSR count). The molecule has 3 aromatic rings. The van der Waals surface area contributed by atoms with Crippen molar-refractivity contribution in [3.8, 4) is 23.0 Å². The van der Waals surface area contributed by atoms with Crippen LogP contribution in [0.25, 0.3) is 11.1 Å². The van der Waals surface area contributed by atoms with Gasteiger partial charge in [0.05, 0.1) is 18.7 Å². The Hall–Kier alpha value is -4.04.